The van der Waals surface area contributed by atoms with E-state index in [0.717, 1.165) is 17.2 Å². The number of hydrogen-bond acceptors (Lipinski definition) is 8. The zero-order valence-electron chi connectivity index (χ0n) is 16.8. The average molecular weight is 500 g/mol. The molecule has 13 heteroatoms. The lowest BCUT2D eigenvalue weighted by Crippen LogP contribution is -2.32. The van der Waals surface area contributed by atoms with Gasteiger partial charge in [-0.2, -0.15) is 0 Å². The lowest BCUT2D eigenvalue weighted by Gasteiger charge is -2.22. The fraction of sp³-hybridized carbons (Fsp3) is 0.211. The van der Waals surface area contributed by atoms with Crippen molar-refractivity contribution in [2.75, 3.05) is 22.5 Å². The van der Waals surface area contributed by atoms with Gasteiger partial charge in [-0.25, -0.2) is 12.8 Å². The normalized spacial score (nSPS) is 11.3. The Morgan fingerprint density at radius 2 is 2.00 bits per heavy atom. The number of anilines is 2. The van der Waals surface area contributed by atoms with Crippen molar-refractivity contribution in [3.63, 3.8) is 0 Å². The third-order valence-corrected chi connectivity index (χ3v) is 6.17. The summed E-state index contributed by atoms with van der Waals surface area (Å²) in [7, 11) is -3.55. The molecule has 1 aromatic heterocycles. The van der Waals surface area contributed by atoms with Crippen LogP contribution in [0.15, 0.2) is 51.8 Å². The Hall–Kier alpha value is -2.83. The van der Waals surface area contributed by atoms with Gasteiger partial charge in [0.15, 0.2) is 0 Å². The fourth-order valence-corrected chi connectivity index (χ4v) is 4.37. The second-order valence-electron chi connectivity index (χ2n) is 6.68. The summed E-state index contributed by atoms with van der Waals surface area (Å²) in [6, 6.07) is 10.8. The van der Waals surface area contributed by atoms with Gasteiger partial charge in [-0.05, 0) is 24.3 Å². The lowest BCUT2D eigenvalue weighted by molar-refractivity contribution is -0.129. The molecular formula is C19H19ClFN5O4S2. The molecule has 3 N–H and O–H groups in total. The number of halogens is 2. The first-order valence-electron chi connectivity index (χ1n) is 9.10. The number of nitrogens with one attached hydrogen (secondary N) is 1. The van der Waals surface area contributed by atoms with E-state index in [9.17, 15) is 17.6 Å². The van der Waals surface area contributed by atoms with E-state index in [2.05, 4.69) is 14.9 Å². The molecule has 170 valence electrons. The maximum atomic E-state index is 14.6. The number of thioether (sulfide) groups is 1. The van der Waals surface area contributed by atoms with Crippen LogP contribution in [0.1, 0.15) is 11.5 Å². The SMILES string of the molecule is CS(=O)(=O)Nc1ccc(CN(Cc2nnc(N)o2)C(=O)CSc2ccccc2Cl)c(F)c1. The van der Waals surface area contributed by atoms with Crippen molar-refractivity contribution in [3.05, 3.63) is 64.8 Å². The van der Waals surface area contributed by atoms with Gasteiger partial charge in [-0.1, -0.05) is 34.9 Å². The molecule has 0 aliphatic rings. The van der Waals surface area contributed by atoms with E-state index in [-0.39, 0.29) is 47.9 Å². The van der Waals surface area contributed by atoms with Gasteiger partial charge < -0.3 is 15.1 Å². The first-order valence-corrected chi connectivity index (χ1v) is 12.4. The van der Waals surface area contributed by atoms with Crippen molar-refractivity contribution in [3.8, 4) is 0 Å². The Bertz CT molecular complexity index is 1220. The molecule has 3 aromatic rings. The highest BCUT2D eigenvalue weighted by molar-refractivity contribution is 8.00. The molecule has 0 spiro atoms. The van der Waals surface area contributed by atoms with E-state index in [1.165, 1.54) is 28.8 Å². The molecule has 0 atom stereocenters. The molecule has 0 saturated carbocycles. The topological polar surface area (TPSA) is 131 Å². The van der Waals surface area contributed by atoms with Crippen LogP contribution in [0.25, 0.3) is 0 Å². The number of nitrogen functional groups attached to an aromatic ring is 1. The van der Waals surface area contributed by atoms with E-state index in [4.69, 9.17) is 21.8 Å². The second kappa shape index (κ2) is 10.2. The number of nitrogens with zero attached hydrogens (tertiary/aromatic N) is 3. The number of amides is 1. The van der Waals surface area contributed by atoms with Crippen LogP contribution in [0.5, 0.6) is 0 Å². The van der Waals surface area contributed by atoms with Crippen LogP contribution in [-0.2, 0) is 27.9 Å². The highest BCUT2D eigenvalue weighted by Crippen LogP contribution is 2.27. The number of sulfonamides is 1. The summed E-state index contributed by atoms with van der Waals surface area (Å²) < 4.78 is 44.7. The van der Waals surface area contributed by atoms with Crippen molar-refractivity contribution in [2.45, 2.75) is 18.0 Å². The first-order chi connectivity index (χ1) is 15.1. The minimum absolute atomic E-state index is 0.0304. The molecule has 9 nitrogen and oxygen atoms in total. The minimum atomic E-state index is -3.55. The third kappa shape index (κ3) is 6.84. The van der Waals surface area contributed by atoms with Crippen molar-refractivity contribution in [1.29, 1.82) is 0 Å². The summed E-state index contributed by atoms with van der Waals surface area (Å²) in [5.41, 5.74) is 5.70. The van der Waals surface area contributed by atoms with E-state index >= 15 is 0 Å². The third-order valence-electron chi connectivity index (χ3n) is 4.07. The molecule has 0 unspecified atom stereocenters. The Labute approximate surface area is 193 Å². The molecule has 32 heavy (non-hydrogen) atoms. The van der Waals surface area contributed by atoms with Crippen LogP contribution >= 0.6 is 23.4 Å². The van der Waals surface area contributed by atoms with Crippen LogP contribution < -0.4 is 10.5 Å². The van der Waals surface area contributed by atoms with Crippen molar-refractivity contribution >= 4 is 51.0 Å². The van der Waals surface area contributed by atoms with E-state index in [1.54, 1.807) is 24.3 Å². The molecule has 0 saturated heterocycles. The molecule has 1 amide bonds. The fourth-order valence-electron chi connectivity index (χ4n) is 2.68. The average Bonchev–Trinajstić information content (AvgIpc) is 3.12. The Kier molecular flexibility index (Phi) is 7.59. The number of nitrogens with two attached hydrogens (primary N) is 1. The number of benzene rings is 2. The summed E-state index contributed by atoms with van der Waals surface area (Å²) in [6.45, 7) is -0.204. The van der Waals surface area contributed by atoms with Crippen LogP contribution in [0.2, 0.25) is 5.02 Å². The minimum Gasteiger partial charge on any atom is -0.406 e. The molecular weight excluding hydrogens is 481 g/mol. The quantitative estimate of drug-likeness (QED) is 0.429. The summed E-state index contributed by atoms with van der Waals surface area (Å²) in [5, 5.41) is 7.84. The van der Waals surface area contributed by atoms with Crippen LogP contribution in [0, 0.1) is 5.82 Å². The number of carbonyl (C=O) groups excluding carboxylic acids is 1. The summed E-state index contributed by atoms with van der Waals surface area (Å²) >= 11 is 7.38. The largest absolute Gasteiger partial charge is 0.406 e. The van der Waals surface area contributed by atoms with E-state index in [0.29, 0.717) is 5.02 Å². The van der Waals surface area contributed by atoms with Gasteiger partial charge in [-0.3, -0.25) is 9.52 Å². The Morgan fingerprint density at radius 1 is 1.25 bits per heavy atom. The number of rotatable bonds is 9. The smallest absolute Gasteiger partial charge is 0.312 e. The van der Waals surface area contributed by atoms with Crippen LogP contribution in [0.3, 0.4) is 0 Å². The van der Waals surface area contributed by atoms with Crippen molar-refractivity contribution < 1.29 is 22.0 Å². The Morgan fingerprint density at radius 3 is 2.62 bits per heavy atom. The molecule has 0 radical (unpaired) electrons. The summed E-state index contributed by atoms with van der Waals surface area (Å²) in [4.78, 5) is 15.0. The van der Waals surface area contributed by atoms with Crippen LogP contribution in [-0.4, -0.2) is 41.4 Å². The maximum Gasteiger partial charge on any atom is 0.312 e. The van der Waals surface area contributed by atoms with E-state index in [1.807, 2.05) is 0 Å². The molecule has 0 aliphatic carbocycles. The van der Waals surface area contributed by atoms with Gasteiger partial charge in [0, 0.05) is 17.0 Å². The van der Waals surface area contributed by atoms with E-state index < -0.39 is 15.8 Å². The molecule has 2 aromatic carbocycles. The van der Waals surface area contributed by atoms with Crippen molar-refractivity contribution in [1.82, 2.24) is 15.1 Å². The first kappa shape index (κ1) is 23.8. The predicted molar refractivity (Wildman–Crippen MR) is 120 cm³/mol. The number of hydrogen-bond donors (Lipinski definition) is 2. The molecule has 1 heterocycles. The lowest BCUT2D eigenvalue weighted by atomic mass is 10.2. The Balaban J connectivity index is 1.78. The summed E-state index contributed by atoms with van der Waals surface area (Å²) in [6.07, 6.45) is 0.964. The van der Waals surface area contributed by atoms with Gasteiger partial charge in [0.25, 0.3) is 0 Å². The van der Waals surface area contributed by atoms with Gasteiger partial charge in [-0.15, -0.1) is 16.9 Å². The monoisotopic (exact) mass is 499 g/mol. The van der Waals surface area contributed by atoms with Crippen LogP contribution in [0.4, 0.5) is 16.1 Å². The van der Waals surface area contributed by atoms with Gasteiger partial charge in [0.1, 0.15) is 5.82 Å². The molecule has 0 aliphatic heterocycles. The standard InChI is InChI=1S/C19H19ClFN5O4S2/c1-32(28,29)25-13-7-6-12(15(21)8-13)9-26(10-17-23-24-19(22)30-17)18(27)11-31-16-5-3-2-4-14(16)20/h2-8,25H,9-11H2,1H3,(H2,22,24). The van der Waals surface area contributed by atoms with Crippen molar-refractivity contribution in [2.24, 2.45) is 0 Å². The zero-order valence-corrected chi connectivity index (χ0v) is 19.2. The predicted octanol–water partition coefficient (Wildman–Crippen LogP) is 3.14. The van der Waals surface area contributed by atoms with Gasteiger partial charge in [0.2, 0.25) is 21.8 Å². The molecule has 0 fully saturated rings. The molecule has 0 bridgehead atoms. The number of carbonyl (C=O) groups is 1. The highest BCUT2D eigenvalue weighted by Gasteiger charge is 2.20. The highest BCUT2D eigenvalue weighted by atomic mass is 35.5. The number of aromatic nitrogens is 2. The van der Waals surface area contributed by atoms with Gasteiger partial charge in [0.05, 0.1) is 29.3 Å². The maximum absolute atomic E-state index is 14.6. The molecule has 3 rings (SSSR count). The van der Waals surface area contributed by atoms with Gasteiger partial charge >= 0.3 is 6.01 Å². The summed E-state index contributed by atoms with van der Waals surface area (Å²) in [5.74, 6) is -0.887. The zero-order chi connectivity index (χ0) is 23.3. The second-order valence-corrected chi connectivity index (χ2v) is 9.86.